The van der Waals surface area contributed by atoms with Crippen LogP contribution in [-0.2, 0) is 0 Å². The molecule has 0 fully saturated rings. The molecule has 0 aliphatic rings. The van der Waals surface area contributed by atoms with E-state index in [0.29, 0.717) is 21.6 Å². The number of nitro groups is 1. The number of nitro benzene ring substituents is 1. The standard InChI is InChI=1S/C18H10ClNO5/c19-13-4-8-17-12(9-13)10-15(18(22)25-17)16(21)7-3-11-1-5-14(6-2-11)20(23)24/h1-10H. The van der Waals surface area contributed by atoms with Crippen molar-refractivity contribution in [2.45, 2.75) is 0 Å². The molecule has 0 bridgehead atoms. The van der Waals surface area contributed by atoms with Crippen LogP contribution >= 0.6 is 11.6 Å². The van der Waals surface area contributed by atoms with E-state index in [1.165, 1.54) is 42.5 Å². The molecule has 0 N–H and O–H groups in total. The number of carbonyl (C=O) groups excluding carboxylic acids is 1. The fraction of sp³-hybridized carbons (Fsp3) is 0. The van der Waals surface area contributed by atoms with Crippen LogP contribution in [0.25, 0.3) is 17.0 Å². The minimum Gasteiger partial charge on any atom is -0.422 e. The maximum Gasteiger partial charge on any atom is 0.347 e. The van der Waals surface area contributed by atoms with Gasteiger partial charge in [-0.1, -0.05) is 17.7 Å². The average molecular weight is 356 g/mol. The monoisotopic (exact) mass is 355 g/mol. The highest BCUT2D eigenvalue weighted by Crippen LogP contribution is 2.19. The van der Waals surface area contributed by atoms with Crippen molar-refractivity contribution in [1.29, 1.82) is 0 Å². The predicted molar refractivity (Wildman–Crippen MR) is 94.0 cm³/mol. The summed E-state index contributed by atoms with van der Waals surface area (Å²) in [7, 11) is 0. The molecule has 3 aromatic rings. The zero-order valence-corrected chi connectivity index (χ0v) is 13.4. The van der Waals surface area contributed by atoms with Crippen LogP contribution in [0.2, 0.25) is 5.02 Å². The smallest absolute Gasteiger partial charge is 0.347 e. The van der Waals surface area contributed by atoms with Gasteiger partial charge in [-0.25, -0.2) is 4.79 Å². The number of hydrogen-bond donors (Lipinski definition) is 0. The van der Waals surface area contributed by atoms with Crippen molar-refractivity contribution in [3.8, 4) is 0 Å². The molecule has 0 spiro atoms. The van der Waals surface area contributed by atoms with Gasteiger partial charge in [0.15, 0.2) is 5.78 Å². The van der Waals surface area contributed by atoms with E-state index in [9.17, 15) is 19.7 Å². The first kappa shape index (κ1) is 16.6. The van der Waals surface area contributed by atoms with Gasteiger partial charge in [0.05, 0.1) is 4.92 Å². The Kier molecular flexibility index (Phi) is 4.45. The van der Waals surface area contributed by atoms with Gasteiger partial charge < -0.3 is 4.42 Å². The molecule has 0 atom stereocenters. The molecule has 2 aromatic carbocycles. The first-order valence-corrected chi connectivity index (χ1v) is 7.52. The molecule has 0 saturated carbocycles. The van der Waals surface area contributed by atoms with Gasteiger partial charge in [0.25, 0.3) is 5.69 Å². The molecule has 25 heavy (non-hydrogen) atoms. The maximum absolute atomic E-state index is 12.3. The summed E-state index contributed by atoms with van der Waals surface area (Å²) < 4.78 is 5.12. The molecule has 0 aliphatic heterocycles. The molecule has 124 valence electrons. The summed E-state index contributed by atoms with van der Waals surface area (Å²) >= 11 is 5.90. The molecular formula is C18H10ClNO5. The summed E-state index contributed by atoms with van der Waals surface area (Å²) in [5, 5.41) is 11.6. The van der Waals surface area contributed by atoms with Crippen molar-refractivity contribution in [3.05, 3.63) is 91.3 Å². The largest absolute Gasteiger partial charge is 0.422 e. The van der Waals surface area contributed by atoms with Gasteiger partial charge in [-0.05, 0) is 48.0 Å². The highest BCUT2D eigenvalue weighted by molar-refractivity contribution is 6.31. The Morgan fingerprint density at radius 2 is 1.84 bits per heavy atom. The van der Waals surface area contributed by atoms with Crippen molar-refractivity contribution in [2.75, 3.05) is 0 Å². The first-order chi connectivity index (χ1) is 11.9. The molecule has 6 nitrogen and oxygen atoms in total. The molecule has 0 unspecified atom stereocenters. The van der Waals surface area contributed by atoms with Crippen LogP contribution < -0.4 is 5.63 Å². The Morgan fingerprint density at radius 1 is 1.12 bits per heavy atom. The van der Waals surface area contributed by atoms with E-state index < -0.39 is 16.3 Å². The molecule has 0 saturated heterocycles. The van der Waals surface area contributed by atoms with E-state index in [2.05, 4.69) is 0 Å². The Hall–Kier alpha value is -3.25. The van der Waals surface area contributed by atoms with E-state index >= 15 is 0 Å². The lowest BCUT2D eigenvalue weighted by Crippen LogP contribution is -2.11. The molecule has 0 aliphatic carbocycles. The van der Waals surface area contributed by atoms with Crippen LogP contribution in [-0.4, -0.2) is 10.7 Å². The summed E-state index contributed by atoms with van der Waals surface area (Å²) in [6, 6.07) is 11.8. The van der Waals surface area contributed by atoms with E-state index in [-0.39, 0.29) is 11.3 Å². The number of ketones is 1. The van der Waals surface area contributed by atoms with Crippen LogP contribution in [0.15, 0.2) is 63.8 Å². The number of carbonyl (C=O) groups is 1. The normalized spacial score (nSPS) is 11.1. The number of non-ortho nitro benzene ring substituents is 1. The molecular weight excluding hydrogens is 346 g/mol. The van der Waals surface area contributed by atoms with Crippen molar-refractivity contribution in [3.63, 3.8) is 0 Å². The average Bonchev–Trinajstić information content (AvgIpc) is 2.59. The maximum atomic E-state index is 12.3. The Morgan fingerprint density at radius 3 is 2.52 bits per heavy atom. The number of benzene rings is 2. The lowest BCUT2D eigenvalue weighted by Gasteiger charge is -2.00. The summed E-state index contributed by atoms with van der Waals surface area (Å²) in [6.45, 7) is 0. The summed E-state index contributed by atoms with van der Waals surface area (Å²) in [5.41, 5.74) is 0.0223. The molecule has 1 aromatic heterocycles. The number of rotatable bonds is 4. The van der Waals surface area contributed by atoms with E-state index in [0.717, 1.165) is 0 Å². The van der Waals surface area contributed by atoms with Gasteiger partial charge in [0.1, 0.15) is 11.1 Å². The fourth-order valence-electron chi connectivity index (χ4n) is 2.23. The molecule has 3 rings (SSSR count). The van der Waals surface area contributed by atoms with Crippen LogP contribution in [0.3, 0.4) is 0 Å². The minimum atomic E-state index is -0.742. The van der Waals surface area contributed by atoms with Crippen LogP contribution in [0.1, 0.15) is 15.9 Å². The van der Waals surface area contributed by atoms with Crippen molar-refractivity contribution >= 4 is 40.1 Å². The zero-order chi connectivity index (χ0) is 18.0. The quantitative estimate of drug-likeness (QED) is 0.229. The van der Waals surface area contributed by atoms with E-state index in [1.54, 1.807) is 18.2 Å². The third kappa shape index (κ3) is 3.64. The van der Waals surface area contributed by atoms with E-state index in [1.807, 2.05) is 0 Å². The van der Waals surface area contributed by atoms with Crippen molar-refractivity contribution < 1.29 is 14.1 Å². The lowest BCUT2D eigenvalue weighted by molar-refractivity contribution is -0.384. The third-order valence-electron chi connectivity index (χ3n) is 3.49. The van der Waals surface area contributed by atoms with Gasteiger partial charge in [-0.15, -0.1) is 0 Å². The molecule has 0 radical (unpaired) electrons. The number of halogens is 1. The molecule has 1 heterocycles. The zero-order valence-electron chi connectivity index (χ0n) is 12.6. The van der Waals surface area contributed by atoms with Gasteiger partial charge in [-0.2, -0.15) is 0 Å². The lowest BCUT2D eigenvalue weighted by atomic mass is 10.1. The summed E-state index contributed by atoms with van der Waals surface area (Å²) in [6.07, 6.45) is 2.68. The first-order valence-electron chi connectivity index (χ1n) is 7.14. The number of nitrogens with zero attached hydrogens (tertiary/aromatic N) is 1. The van der Waals surface area contributed by atoms with Crippen LogP contribution in [0.4, 0.5) is 5.69 Å². The fourth-order valence-corrected chi connectivity index (χ4v) is 2.42. The topological polar surface area (TPSA) is 90.4 Å². The predicted octanol–water partition coefficient (Wildman–Crippen LogP) is 4.25. The second-order valence-electron chi connectivity index (χ2n) is 5.18. The van der Waals surface area contributed by atoms with Gasteiger partial charge in [0.2, 0.25) is 0 Å². The second-order valence-corrected chi connectivity index (χ2v) is 5.61. The van der Waals surface area contributed by atoms with Gasteiger partial charge in [-0.3, -0.25) is 14.9 Å². The number of allylic oxidation sites excluding steroid dienone is 1. The molecule has 7 heteroatoms. The Balaban J connectivity index is 1.90. The molecule has 0 amide bonds. The van der Waals surface area contributed by atoms with Gasteiger partial charge >= 0.3 is 5.63 Å². The Labute approximate surface area is 146 Å². The number of fused-ring (bicyclic) bond motifs is 1. The SMILES string of the molecule is O=C(C=Cc1ccc([N+](=O)[O-])cc1)c1cc2cc(Cl)ccc2oc1=O. The summed E-state index contributed by atoms with van der Waals surface area (Å²) in [4.78, 5) is 34.3. The third-order valence-corrected chi connectivity index (χ3v) is 3.73. The van der Waals surface area contributed by atoms with Gasteiger partial charge in [0, 0.05) is 22.5 Å². The van der Waals surface area contributed by atoms with Crippen molar-refractivity contribution in [1.82, 2.24) is 0 Å². The highest BCUT2D eigenvalue weighted by Gasteiger charge is 2.11. The number of hydrogen-bond acceptors (Lipinski definition) is 5. The highest BCUT2D eigenvalue weighted by atomic mass is 35.5. The summed E-state index contributed by atoms with van der Waals surface area (Å²) in [5.74, 6) is -0.533. The Bertz CT molecular complexity index is 1070. The second kappa shape index (κ2) is 6.70. The van der Waals surface area contributed by atoms with E-state index in [4.69, 9.17) is 16.0 Å². The minimum absolute atomic E-state index is 0.0458. The van der Waals surface area contributed by atoms with Crippen molar-refractivity contribution in [2.24, 2.45) is 0 Å². The van der Waals surface area contributed by atoms with Crippen LogP contribution in [0.5, 0.6) is 0 Å². The van der Waals surface area contributed by atoms with Crippen LogP contribution in [0, 0.1) is 10.1 Å².